The van der Waals surface area contributed by atoms with Gasteiger partial charge in [-0.1, -0.05) is 0 Å². The molecule has 4 heteroatoms. The maximum atomic E-state index is 8.97. The molecule has 1 N–H and O–H groups in total. The van der Waals surface area contributed by atoms with Gasteiger partial charge in [-0.15, -0.1) is 0 Å². The van der Waals surface area contributed by atoms with Crippen LogP contribution >= 0.6 is 0 Å². The van der Waals surface area contributed by atoms with Crippen molar-refractivity contribution < 1.29 is 9.84 Å². The number of pyridine rings is 1. The molecule has 0 saturated carbocycles. The third-order valence-electron chi connectivity index (χ3n) is 2.55. The number of ether oxygens (including phenoxy) is 1. The van der Waals surface area contributed by atoms with Gasteiger partial charge in [-0.2, -0.15) is 0 Å². The van der Waals surface area contributed by atoms with Crippen LogP contribution in [-0.4, -0.2) is 41.3 Å². The van der Waals surface area contributed by atoms with Gasteiger partial charge >= 0.3 is 0 Å². The molecule has 2 heterocycles. The average molecular weight is 208 g/mol. The Hall–Kier alpha value is -0.970. The first kappa shape index (κ1) is 10.5. The number of aromatic nitrogens is 1. The van der Waals surface area contributed by atoms with E-state index in [9.17, 15) is 0 Å². The highest BCUT2D eigenvalue weighted by Gasteiger charge is 2.10. The van der Waals surface area contributed by atoms with E-state index in [1.54, 1.807) is 6.20 Å². The van der Waals surface area contributed by atoms with Crippen LogP contribution in [-0.2, 0) is 17.9 Å². The standard InChI is InChI=1S/C11H16N2O2/c14-9-11-7-10(1-2-12-11)8-13-3-5-15-6-4-13/h1-2,7,14H,3-6,8-9H2. The second kappa shape index (κ2) is 5.21. The molecule has 0 aromatic carbocycles. The average Bonchev–Trinajstić information content (AvgIpc) is 2.31. The van der Waals surface area contributed by atoms with Crippen LogP contribution in [0.1, 0.15) is 11.3 Å². The third kappa shape index (κ3) is 2.99. The Morgan fingerprint density at radius 2 is 2.20 bits per heavy atom. The molecule has 2 rings (SSSR count). The molecule has 0 amide bonds. The molecular formula is C11H16N2O2. The number of hydrogen-bond donors (Lipinski definition) is 1. The molecule has 1 aromatic heterocycles. The van der Waals surface area contributed by atoms with Crippen molar-refractivity contribution in [3.05, 3.63) is 29.6 Å². The topological polar surface area (TPSA) is 45.6 Å². The van der Waals surface area contributed by atoms with Crippen molar-refractivity contribution in [1.82, 2.24) is 9.88 Å². The summed E-state index contributed by atoms with van der Waals surface area (Å²) in [7, 11) is 0. The first-order chi connectivity index (χ1) is 7.38. The monoisotopic (exact) mass is 208 g/mol. The number of hydrogen-bond acceptors (Lipinski definition) is 4. The van der Waals surface area contributed by atoms with Gasteiger partial charge in [-0.3, -0.25) is 9.88 Å². The molecule has 0 unspecified atom stereocenters. The first-order valence-electron chi connectivity index (χ1n) is 5.23. The Morgan fingerprint density at radius 1 is 1.40 bits per heavy atom. The predicted molar refractivity (Wildman–Crippen MR) is 56.3 cm³/mol. The van der Waals surface area contributed by atoms with E-state index in [2.05, 4.69) is 9.88 Å². The molecule has 1 saturated heterocycles. The molecule has 0 radical (unpaired) electrons. The minimum absolute atomic E-state index is 0.0109. The molecular weight excluding hydrogens is 192 g/mol. The highest BCUT2D eigenvalue weighted by Crippen LogP contribution is 2.07. The summed E-state index contributed by atoms with van der Waals surface area (Å²) < 4.78 is 5.29. The fraction of sp³-hybridized carbons (Fsp3) is 0.545. The molecule has 1 aromatic rings. The number of rotatable bonds is 3. The van der Waals surface area contributed by atoms with Gasteiger partial charge in [0.1, 0.15) is 0 Å². The van der Waals surface area contributed by atoms with E-state index in [-0.39, 0.29) is 6.61 Å². The number of aliphatic hydroxyl groups is 1. The van der Waals surface area contributed by atoms with Crippen molar-refractivity contribution in [3.8, 4) is 0 Å². The van der Waals surface area contributed by atoms with Crippen LogP contribution in [0.25, 0.3) is 0 Å². The fourth-order valence-electron chi connectivity index (χ4n) is 1.73. The van der Waals surface area contributed by atoms with E-state index >= 15 is 0 Å². The van der Waals surface area contributed by atoms with Crippen molar-refractivity contribution >= 4 is 0 Å². The zero-order valence-electron chi connectivity index (χ0n) is 8.72. The smallest absolute Gasteiger partial charge is 0.0853 e. The summed E-state index contributed by atoms with van der Waals surface area (Å²) in [6.45, 7) is 4.53. The summed E-state index contributed by atoms with van der Waals surface area (Å²) in [6, 6.07) is 3.95. The Balaban J connectivity index is 1.96. The molecule has 0 bridgehead atoms. The summed E-state index contributed by atoms with van der Waals surface area (Å²) in [4.78, 5) is 6.40. The van der Waals surface area contributed by atoms with Crippen LogP contribution in [0.5, 0.6) is 0 Å². The van der Waals surface area contributed by atoms with Gasteiger partial charge < -0.3 is 9.84 Å². The van der Waals surface area contributed by atoms with Crippen LogP contribution < -0.4 is 0 Å². The minimum Gasteiger partial charge on any atom is -0.390 e. The van der Waals surface area contributed by atoms with E-state index in [4.69, 9.17) is 9.84 Å². The molecule has 4 nitrogen and oxygen atoms in total. The molecule has 1 aliphatic heterocycles. The van der Waals surface area contributed by atoms with E-state index < -0.39 is 0 Å². The van der Waals surface area contributed by atoms with Crippen LogP contribution in [0.15, 0.2) is 18.3 Å². The summed E-state index contributed by atoms with van der Waals surface area (Å²) in [5, 5.41) is 8.97. The molecule has 1 fully saturated rings. The maximum absolute atomic E-state index is 8.97. The van der Waals surface area contributed by atoms with Gasteiger partial charge in [0.25, 0.3) is 0 Å². The minimum atomic E-state index is 0.0109. The van der Waals surface area contributed by atoms with Crippen molar-refractivity contribution in [3.63, 3.8) is 0 Å². The maximum Gasteiger partial charge on any atom is 0.0853 e. The number of aliphatic hydroxyl groups excluding tert-OH is 1. The van der Waals surface area contributed by atoms with E-state index in [0.29, 0.717) is 0 Å². The lowest BCUT2D eigenvalue weighted by Gasteiger charge is -2.26. The molecule has 82 valence electrons. The van der Waals surface area contributed by atoms with Crippen molar-refractivity contribution in [2.24, 2.45) is 0 Å². The Morgan fingerprint density at radius 3 is 2.93 bits per heavy atom. The van der Waals surface area contributed by atoms with Gasteiger partial charge in [-0.05, 0) is 17.7 Å². The lowest BCUT2D eigenvalue weighted by Crippen LogP contribution is -2.35. The molecule has 0 atom stereocenters. The Bertz CT molecular complexity index is 311. The van der Waals surface area contributed by atoms with Crippen LogP contribution in [0.2, 0.25) is 0 Å². The van der Waals surface area contributed by atoms with Gasteiger partial charge in [0.2, 0.25) is 0 Å². The predicted octanol–water partition coefficient (Wildman–Crippen LogP) is 0.406. The molecule has 15 heavy (non-hydrogen) atoms. The number of morpholine rings is 1. The molecule has 1 aliphatic rings. The van der Waals surface area contributed by atoms with Crippen molar-refractivity contribution in [2.45, 2.75) is 13.2 Å². The van der Waals surface area contributed by atoms with E-state index in [1.165, 1.54) is 5.56 Å². The van der Waals surface area contributed by atoms with Gasteiger partial charge in [0, 0.05) is 25.8 Å². The number of nitrogens with zero attached hydrogens (tertiary/aromatic N) is 2. The summed E-state index contributed by atoms with van der Waals surface area (Å²) in [5.74, 6) is 0. The van der Waals surface area contributed by atoms with Gasteiger partial charge in [-0.25, -0.2) is 0 Å². The summed E-state index contributed by atoms with van der Waals surface area (Å²) in [6.07, 6.45) is 1.75. The Kier molecular flexibility index (Phi) is 3.66. The lowest BCUT2D eigenvalue weighted by atomic mass is 10.2. The molecule has 0 aliphatic carbocycles. The SMILES string of the molecule is OCc1cc(CN2CCOCC2)ccn1. The zero-order chi connectivity index (χ0) is 10.5. The quantitative estimate of drug-likeness (QED) is 0.781. The van der Waals surface area contributed by atoms with Crippen LogP contribution in [0.3, 0.4) is 0 Å². The largest absolute Gasteiger partial charge is 0.390 e. The third-order valence-corrected chi connectivity index (χ3v) is 2.55. The van der Waals surface area contributed by atoms with Gasteiger partial charge in [0.15, 0.2) is 0 Å². The zero-order valence-corrected chi connectivity index (χ0v) is 8.72. The normalized spacial score (nSPS) is 17.9. The highest BCUT2D eigenvalue weighted by molar-refractivity contribution is 5.15. The van der Waals surface area contributed by atoms with E-state index in [0.717, 1.165) is 38.5 Å². The van der Waals surface area contributed by atoms with Crippen molar-refractivity contribution in [2.75, 3.05) is 26.3 Å². The van der Waals surface area contributed by atoms with E-state index in [1.807, 2.05) is 12.1 Å². The second-order valence-electron chi connectivity index (χ2n) is 3.70. The van der Waals surface area contributed by atoms with Gasteiger partial charge in [0.05, 0.1) is 25.5 Å². The summed E-state index contributed by atoms with van der Waals surface area (Å²) >= 11 is 0. The highest BCUT2D eigenvalue weighted by atomic mass is 16.5. The Labute approximate surface area is 89.5 Å². The van der Waals surface area contributed by atoms with Crippen LogP contribution in [0.4, 0.5) is 0 Å². The van der Waals surface area contributed by atoms with Crippen molar-refractivity contribution in [1.29, 1.82) is 0 Å². The van der Waals surface area contributed by atoms with Crippen LogP contribution in [0, 0.1) is 0 Å². The first-order valence-corrected chi connectivity index (χ1v) is 5.23. The lowest BCUT2D eigenvalue weighted by molar-refractivity contribution is 0.0341. The summed E-state index contributed by atoms with van der Waals surface area (Å²) in [5.41, 5.74) is 1.94. The second-order valence-corrected chi connectivity index (χ2v) is 3.70. The fourth-order valence-corrected chi connectivity index (χ4v) is 1.73. The molecule has 0 spiro atoms.